The van der Waals surface area contributed by atoms with E-state index >= 15 is 0 Å². The van der Waals surface area contributed by atoms with E-state index in [0.29, 0.717) is 0 Å². The first-order valence-electron chi connectivity index (χ1n) is 8.42. The SMILES string of the molecule is Cn1nc(/C=C/c2ccccc2)c2ccc(Sc3cccc(N)c3)cc21. The normalized spacial score (nSPS) is 11.4. The Bertz CT molecular complexity index is 1080. The molecular weight excluding hydrogens is 338 g/mol. The van der Waals surface area contributed by atoms with Gasteiger partial charge in [0.15, 0.2) is 0 Å². The number of nitrogens with zero attached hydrogens (tertiary/aromatic N) is 2. The van der Waals surface area contributed by atoms with E-state index in [1.54, 1.807) is 11.8 Å². The fraction of sp³-hybridized carbons (Fsp3) is 0.0455. The fourth-order valence-corrected chi connectivity index (χ4v) is 3.83. The minimum atomic E-state index is 0.782. The number of hydrogen-bond donors (Lipinski definition) is 1. The zero-order chi connectivity index (χ0) is 17.9. The predicted molar refractivity (Wildman–Crippen MR) is 111 cm³/mol. The van der Waals surface area contributed by atoms with Gasteiger partial charge in [-0.2, -0.15) is 5.10 Å². The van der Waals surface area contributed by atoms with Gasteiger partial charge >= 0.3 is 0 Å². The van der Waals surface area contributed by atoms with Crippen molar-refractivity contribution in [3.8, 4) is 0 Å². The van der Waals surface area contributed by atoms with Crippen molar-refractivity contribution in [2.75, 3.05) is 5.73 Å². The van der Waals surface area contributed by atoms with E-state index in [1.807, 2.05) is 48.1 Å². The van der Waals surface area contributed by atoms with Crippen LogP contribution in [-0.4, -0.2) is 9.78 Å². The molecule has 0 saturated carbocycles. The van der Waals surface area contributed by atoms with E-state index in [0.717, 1.165) is 27.2 Å². The molecule has 0 radical (unpaired) electrons. The van der Waals surface area contributed by atoms with Crippen molar-refractivity contribution in [1.29, 1.82) is 0 Å². The van der Waals surface area contributed by atoms with E-state index in [1.165, 1.54) is 10.5 Å². The lowest BCUT2D eigenvalue weighted by Gasteiger charge is -2.03. The summed E-state index contributed by atoms with van der Waals surface area (Å²) < 4.78 is 1.93. The topological polar surface area (TPSA) is 43.8 Å². The number of rotatable bonds is 4. The summed E-state index contributed by atoms with van der Waals surface area (Å²) in [5.41, 5.74) is 9.92. The number of fused-ring (bicyclic) bond motifs is 1. The second kappa shape index (κ2) is 7.10. The van der Waals surface area contributed by atoms with Crippen LogP contribution in [0.3, 0.4) is 0 Å². The van der Waals surface area contributed by atoms with Crippen LogP contribution in [0.5, 0.6) is 0 Å². The first-order chi connectivity index (χ1) is 12.7. The van der Waals surface area contributed by atoms with Crippen LogP contribution >= 0.6 is 11.8 Å². The van der Waals surface area contributed by atoms with Crippen molar-refractivity contribution < 1.29 is 0 Å². The van der Waals surface area contributed by atoms with Gasteiger partial charge in [0.2, 0.25) is 0 Å². The zero-order valence-electron chi connectivity index (χ0n) is 14.5. The first-order valence-corrected chi connectivity index (χ1v) is 9.24. The molecule has 0 aliphatic heterocycles. The lowest BCUT2D eigenvalue weighted by atomic mass is 10.1. The molecule has 128 valence electrons. The van der Waals surface area contributed by atoms with Gasteiger partial charge in [-0.1, -0.05) is 54.2 Å². The number of anilines is 1. The Balaban J connectivity index is 1.65. The quantitative estimate of drug-likeness (QED) is 0.492. The Kier molecular flexibility index (Phi) is 4.50. The van der Waals surface area contributed by atoms with E-state index in [9.17, 15) is 0 Å². The van der Waals surface area contributed by atoms with E-state index in [2.05, 4.69) is 53.6 Å². The summed E-state index contributed by atoms with van der Waals surface area (Å²) in [6.07, 6.45) is 4.17. The van der Waals surface area contributed by atoms with Crippen LogP contribution in [0.4, 0.5) is 5.69 Å². The highest BCUT2D eigenvalue weighted by molar-refractivity contribution is 7.99. The third-order valence-electron chi connectivity index (χ3n) is 4.18. The van der Waals surface area contributed by atoms with Crippen LogP contribution in [0, 0.1) is 0 Å². The lowest BCUT2D eigenvalue weighted by Crippen LogP contribution is -1.89. The molecule has 0 bridgehead atoms. The molecule has 3 nitrogen and oxygen atoms in total. The monoisotopic (exact) mass is 357 g/mol. The molecule has 4 aromatic rings. The van der Waals surface area contributed by atoms with Crippen LogP contribution in [0.1, 0.15) is 11.3 Å². The molecule has 0 saturated heterocycles. The third-order valence-corrected chi connectivity index (χ3v) is 5.16. The minimum Gasteiger partial charge on any atom is -0.399 e. The van der Waals surface area contributed by atoms with Crippen LogP contribution in [-0.2, 0) is 7.05 Å². The Labute approximate surface area is 157 Å². The summed E-state index contributed by atoms with van der Waals surface area (Å²) in [5, 5.41) is 5.82. The molecule has 0 aliphatic rings. The van der Waals surface area contributed by atoms with Gasteiger partial charge in [-0.15, -0.1) is 0 Å². The lowest BCUT2D eigenvalue weighted by molar-refractivity contribution is 0.792. The number of nitrogens with two attached hydrogens (primary N) is 1. The smallest absolute Gasteiger partial charge is 0.0929 e. The van der Waals surface area contributed by atoms with Gasteiger partial charge in [-0.3, -0.25) is 4.68 Å². The van der Waals surface area contributed by atoms with Gasteiger partial charge in [0, 0.05) is 27.9 Å². The molecular formula is C22H19N3S. The Morgan fingerprint density at radius 2 is 1.69 bits per heavy atom. The highest BCUT2D eigenvalue weighted by Gasteiger charge is 2.08. The van der Waals surface area contributed by atoms with Crippen molar-refractivity contribution >= 4 is 40.5 Å². The van der Waals surface area contributed by atoms with Gasteiger partial charge in [0.1, 0.15) is 0 Å². The maximum absolute atomic E-state index is 5.88. The fourth-order valence-electron chi connectivity index (χ4n) is 2.91. The number of aryl methyl sites for hydroxylation is 1. The van der Waals surface area contributed by atoms with Crippen LogP contribution in [0.15, 0.2) is 82.6 Å². The second-order valence-electron chi connectivity index (χ2n) is 6.11. The molecule has 1 aromatic heterocycles. The van der Waals surface area contributed by atoms with Gasteiger partial charge < -0.3 is 5.73 Å². The summed E-state index contributed by atoms with van der Waals surface area (Å²) in [6.45, 7) is 0. The molecule has 2 N–H and O–H groups in total. The molecule has 1 heterocycles. The van der Waals surface area contributed by atoms with Gasteiger partial charge in [0.05, 0.1) is 11.2 Å². The molecule has 4 rings (SSSR count). The highest BCUT2D eigenvalue weighted by atomic mass is 32.2. The van der Waals surface area contributed by atoms with E-state index in [-0.39, 0.29) is 0 Å². The Morgan fingerprint density at radius 3 is 2.50 bits per heavy atom. The number of aromatic nitrogens is 2. The number of benzene rings is 3. The molecule has 0 fully saturated rings. The Morgan fingerprint density at radius 1 is 0.885 bits per heavy atom. The van der Waals surface area contributed by atoms with Crippen molar-refractivity contribution in [3.63, 3.8) is 0 Å². The molecule has 4 heteroatoms. The van der Waals surface area contributed by atoms with Gasteiger partial charge in [0.25, 0.3) is 0 Å². The number of nitrogen functional groups attached to an aromatic ring is 1. The maximum Gasteiger partial charge on any atom is 0.0929 e. The zero-order valence-corrected chi connectivity index (χ0v) is 15.3. The average Bonchev–Trinajstić information content (AvgIpc) is 2.96. The van der Waals surface area contributed by atoms with Crippen LogP contribution in [0.2, 0.25) is 0 Å². The second-order valence-corrected chi connectivity index (χ2v) is 7.25. The van der Waals surface area contributed by atoms with Crippen molar-refractivity contribution in [2.45, 2.75) is 9.79 Å². The van der Waals surface area contributed by atoms with E-state index < -0.39 is 0 Å². The summed E-state index contributed by atoms with van der Waals surface area (Å²) in [4.78, 5) is 2.31. The molecule has 26 heavy (non-hydrogen) atoms. The minimum absolute atomic E-state index is 0.782. The van der Waals surface area contributed by atoms with Crippen molar-refractivity contribution in [3.05, 3.63) is 84.1 Å². The van der Waals surface area contributed by atoms with Gasteiger partial charge in [-0.25, -0.2) is 0 Å². The molecule has 0 amide bonds. The summed E-state index contributed by atoms with van der Waals surface area (Å²) >= 11 is 1.71. The molecule has 0 aliphatic carbocycles. The predicted octanol–water partition coefficient (Wildman–Crippen LogP) is 5.48. The largest absolute Gasteiger partial charge is 0.399 e. The summed E-state index contributed by atoms with van der Waals surface area (Å²) in [6, 6.07) is 24.7. The molecule has 3 aromatic carbocycles. The van der Waals surface area contributed by atoms with E-state index in [4.69, 9.17) is 5.73 Å². The molecule has 0 atom stereocenters. The van der Waals surface area contributed by atoms with Crippen molar-refractivity contribution in [2.24, 2.45) is 7.05 Å². The molecule has 0 spiro atoms. The van der Waals surface area contributed by atoms with Crippen molar-refractivity contribution in [1.82, 2.24) is 9.78 Å². The number of hydrogen-bond acceptors (Lipinski definition) is 3. The maximum atomic E-state index is 5.88. The third kappa shape index (κ3) is 3.51. The van der Waals surface area contributed by atoms with Crippen LogP contribution in [0.25, 0.3) is 23.1 Å². The van der Waals surface area contributed by atoms with Crippen LogP contribution < -0.4 is 5.73 Å². The Hall–Kier alpha value is -2.98. The standard InChI is InChI=1S/C22H19N3S/c1-25-22-15-19(26-18-9-5-8-17(23)14-18)11-12-20(22)21(24-25)13-10-16-6-3-2-4-7-16/h2-15H,23H2,1H3/b13-10+. The first kappa shape index (κ1) is 16.5. The summed E-state index contributed by atoms with van der Waals surface area (Å²) in [5.74, 6) is 0. The average molecular weight is 357 g/mol. The molecule has 0 unspecified atom stereocenters. The highest BCUT2D eigenvalue weighted by Crippen LogP contribution is 2.32. The summed E-state index contributed by atoms with van der Waals surface area (Å²) in [7, 11) is 1.98. The van der Waals surface area contributed by atoms with Gasteiger partial charge in [-0.05, 0) is 48.0 Å².